The summed E-state index contributed by atoms with van der Waals surface area (Å²) >= 11 is 0. The van der Waals surface area contributed by atoms with Gasteiger partial charge in [-0.3, -0.25) is 0 Å². The highest BCUT2D eigenvalue weighted by molar-refractivity contribution is 5.04. The van der Waals surface area contributed by atoms with E-state index in [9.17, 15) is 0 Å². The highest BCUT2D eigenvalue weighted by Gasteiger charge is 2.09. The molecule has 2 atom stereocenters. The third kappa shape index (κ3) is 1.67. The molecule has 1 aromatic heterocycles. The third-order valence-electron chi connectivity index (χ3n) is 2.23. The van der Waals surface area contributed by atoms with Crippen molar-refractivity contribution in [2.45, 2.75) is 39.3 Å². The van der Waals surface area contributed by atoms with Crippen LogP contribution in [-0.4, -0.2) is 9.55 Å². The summed E-state index contributed by atoms with van der Waals surface area (Å²) in [4.78, 5) is 4.10. The molecule has 3 heteroatoms. The van der Waals surface area contributed by atoms with Crippen molar-refractivity contribution in [1.82, 2.24) is 9.55 Å². The van der Waals surface area contributed by atoms with Gasteiger partial charge in [-0.1, -0.05) is 6.92 Å². The van der Waals surface area contributed by atoms with Crippen LogP contribution < -0.4 is 5.73 Å². The van der Waals surface area contributed by atoms with E-state index >= 15 is 0 Å². The number of aromatic nitrogens is 2. The largest absolute Gasteiger partial charge is 0.330 e. The maximum Gasteiger partial charge on any atom is 0.0951 e. The van der Waals surface area contributed by atoms with Gasteiger partial charge in [0.2, 0.25) is 0 Å². The van der Waals surface area contributed by atoms with E-state index in [0.717, 1.165) is 12.1 Å². The monoisotopic (exact) mass is 167 g/mol. The Morgan fingerprint density at radius 2 is 2.25 bits per heavy atom. The van der Waals surface area contributed by atoms with Crippen LogP contribution in [0.5, 0.6) is 0 Å². The summed E-state index contributed by atoms with van der Waals surface area (Å²) in [5.74, 6) is 0. The normalized spacial score (nSPS) is 16.0. The lowest BCUT2D eigenvalue weighted by molar-refractivity contribution is 0.499. The summed E-state index contributed by atoms with van der Waals surface area (Å²) in [6, 6.07) is 0.565. The molecule has 2 N–H and O–H groups in total. The summed E-state index contributed by atoms with van der Waals surface area (Å²) in [7, 11) is 0. The second kappa shape index (κ2) is 3.72. The van der Waals surface area contributed by atoms with E-state index in [-0.39, 0.29) is 6.04 Å². The molecule has 0 aliphatic rings. The van der Waals surface area contributed by atoms with Crippen LogP contribution in [0.2, 0.25) is 0 Å². The van der Waals surface area contributed by atoms with Crippen molar-refractivity contribution in [3.05, 3.63) is 18.2 Å². The van der Waals surface area contributed by atoms with Gasteiger partial charge in [0.05, 0.1) is 12.0 Å². The van der Waals surface area contributed by atoms with Crippen LogP contribution in [0.1, 0.15) is 45.0 Å². The molecule has 0 saturated carbocycles. The van der Waals surface area contributed by atoms with Crippen LogP contribution in [0.15, 0.2) is 12.5 Å². The lowest BCUT2D eigenvalue weighted by Gasteiger charge is -2.16. The van der Waals surface area contributed by atoms with Gasteiger partial charge in [0.1, 0.15) is 0 Å². The average Bonchev–Trinajstić information content (AvgIpc) is 2.50. The van der Waals surface area contributed by atoms with Gasteiger partial charge in [-0.15, -0.1) is 0 Å². The molecule has 0 amide bonds. The van der Waals surface area contributed by atoms with Crippen molar-refractivity contribution in [3.8, 4) is 0 Å². The zero-order valence-corrected chi connectivity index (χ0v) is 7.99. The number of rotatable bonds is 3. The number of nitrogens with zero attached hydrogens (tertiary/aromatic N) is 2. The van der Waals surface area contributed by atoms with Crippen LogP contribution in [0.4, 0.5) is 0 Å². The van der Waals surface area contributed by atoms with Crippen LogP contribution in [0, 0.1) is 0 Å². The summed E-state index contributed by atoms with van der Waals surface area (Å²) in [6.07, 6.45) is 4.81. The first-order valence-electron chi connectivity index (χ1n) is 4.44. The lowest BCUT2D eigenvalue weighted by Crippen LogP contribution is -2.14. The fourth-order valence-corrected chi connectivity index (χ4v) is 1.23. The van der Waals surface area contributed by atoms with Gasteiger partial charge in [0.25, 0.3) is 0 Å². The zero-order valence-electron chi connectivity index (χ0n) is 7.99. The van der Waals surface area contributed by atoms with Crippen molar-refractivity contribution in [3.63, 3.8) is 0 Å². The molecule has 12 heavy (non-hydrogen) atoms. The predicted molar refractivity (Wildman–Crippen MR) is 49.8 cm³/mol. The van der Waals surface area contributed by atoms with E-state index in [4.69, 9.17) is 5.73 Å². The van der Waals surface area contributed by atoms with Crippen LogP contribution in [0.3, 0.4) is 0 Å². The Bertz CT molecular complexity index is 240. The maximum absolute atomic E-state index is 5.79. The van der Waals surface area contributed by atoms with E-state index < -0.39 is 0 Å². The summed E-state index contributed by atoms with van der Waals surface area (Å²) < 4.78 is 2.14. The Morgan fingerprint density at radius 3 is 2.75 bits per heavy atom. The van der Waals surface area contributed by atoms with Crippen molar-refractivity contribution in [2.75, 3.05) is 0 Å². The molecule has 1 aromatic rings. The van der Waals surface area contributed by atoms with E-state index in [0.29, 0.717) is 6.04 Å². The molecule has 0 saturated heterocycles. The highest BCUT2D eigenvalue weighted by atomic mass is 15.1. The average molecular weight is 167 g/mol. The van der Waals surface area contributed by atoms with Gasteiger partial charge < -0.3 is 10.3 Å². The molecule has 1 unspecified atom stereocenters. The zero-order chi connectivity index (χ0) is 9.14. The van der Waals surface area contributed by atoms with Gasteiger partial charge in [0.15, 0.2) is 0 Å². The van der Waals surface area contributed by atoms with Gasteiger partial charge in [-0.25, -0.2) is 4.98 Å². The molecular weight excluding hydrogens is 150 g/mol. The second-order valence-corrected chi connectivity index (χ2v) is 3.27. The molecule has 0 aliphatic carbocycles. The standard InChI is InChI=1S/C9H17N3/c1-4-7(2)12-6-11-5-9(12)8(3)10/h5-8H,4,10H2,1-3H3/t7?,8-/m1/s1. The van der Waals surface area contributed by atoms with Crippen LogP contribution >= 0.6 is 0 Å². The minimum atomic E-state index is 0.0708. The molecule has 0 aliphatic heterocycles. The quantitative estimate of drug-likeness (QED) is 0.747. The maximum atomic E-state index is 5.79. The van der Waals surface area contributed by atoms with Crippen molar-refractivity contribution in [2.24, 2.45) is 5.73 Å². The molecule has 3 nitrogen and oxygen atoms in total. The van der Waals surface area contributed by atoms with Crippen molar-refractivity contribution >= 4 is 0 Å². The van der Waals surface area contributed by atoms with Crippen LogP contribution in [0.25, 0.3) is 0 Å². The fraction of sp³-hybridized carbons (Fsp3) is 0.667. The lowest BCUT2D eigenvalue weighted by atomic mass is 10.2. The molecule has 0 aromatic carbocycles. The number of imidazole rings is 1. The topological polar surface area (TPSA) is 43.8 Å². The first-order chi connectivity index (χ1) is 5.66. The number of nitrogens with two attached hydrogens (primary N) is 1. The van der Waals surface area contributed by atoms with Gasteiger partial charge in [-0.2, -0.15) is 0 Å². The Kier molecular flexibility index (Phi) is 2.87. The molecule has 0 radical (unpaired) electrons. The SMILES string of the molecule is CCC(C)n1cncc1[C@@H](C)N. The molecule has 1 rings (SSSR count). The first kappa shape index (κ1) is 9.26. The molecular formula is C9H17N3. The minimum absolute atomic E-state index is 0.0708. The van der Waals surface area contributed by atoms with Crippen LogP contribution in [-0.2, 0) is 0 Å². The second-order valence-electron chi connectivity index (χ2n) is 3.27. The Hall–Kier alpha value is -0.830. The first-order valence-corrected chi connectivity index (χ1v) is 4.44. The van der Waals surface area contributed by atoms with E-state index in [1.807, 2.05) is 19.4 Å². The van der Waals surface area contributed by atoms with Gasteiger partial charge >= 0.3 is 0 Å². The molecule has 1 heterocycles. The Balaban J connectivity index is 2.91. The van der Waals surface area contributed by atoms with Gasteiger partial charge in [-0.05, 0) is 20.3 Å². The number of hydrogen-bond donors (Lipinski definition) is 1. The molecule has 0 fully saturated rings. The summed E-state index contributed by atoms with van der Waals surface area (Å²) in [5.41, 5.74) is 6.91. The third-order valence-corrected chi connectivity index (χ3v) is 2.23. The molecule has 0 bridgehead atoms. The van der Waals surface area contributed by atoms with E-state index in [1.165, 1.54) is 0 Å². The smallest absolute Gasteiger partial charge is 0.0951 e. The van der Waals surface area contributed by atoms with Crippen molar-refractivity contribution in [1.29, 1.82) is 0 Å². The Labute approximate surface area is 73.6 Å². The predicted octanol–water partition coefficient (Wildman–Crippen LogP) is 1.87. The van der Waals surface area contributed by atoms with E-state index in [1.54, 1.807) is 0 Å². The highest BCUT2D eigenvalue weighted by Crippen LogP contribution is 2.16. The molecule has 68 valence electrons. The van der Waals surface area contributed by atoms with E-state index in [2.05, 4.69) is 23.4 Å². The summed E-state index contributed by atoms with van der Waals surface area (Å²) in [5, 5.41) is 0. The Morgan fingerprint density at radius 1 is 1.58 bits per heavy atom. The summed E-state index contributed by atoms with van der Waals surface area (Å²) in [6.45, 7) is 6.32. The van der Waals surface area contributed by atoms with Gasteiger partial charge in [0, 0.05) is 18.3 Å². The van der Waals surface area contributed by atoms with Crippen molar-refractivity contribution < 1.29 is 0 Å². The molecule has 0 spiro atoms. The fourth-order valence-electron chi connectivity index (χ4n) is 1.23. The minimum Gasteiger partial charge on any atom is -0.330 e. The number of hydrogen-bond acceptors (Lipinski definition) is 2.